The summed E-state index contributed by atoms with van der Waals surface area (Å²) in [6.45, 7) is 4.34. The number of likely N-dealkylation sites (tertiary alicyclic amines) is 1. The van der Waals surface area contributed by atoms with Crippen LogP contribution < -0.4 is 0 Å². The topological polar surface area (TPSA) is 20.3 Å². The van der Waals surface area contributed by atoms with Crippen LogP contribution in [0.1, 0.15) is 24.4 Å². The Morgan fingerprint density at radius 3 is 2.80 bits per heavy atom. The first-order chi connectivity index (χ1) is 7.33. The standard InChI is InChI=1S/C13H15NO/c1-2-10-14-12(8-9-13(14)15)11-6-4-3-5-7-11/h2-7,12H,1,8-10H2. The third-order valence-corrected chi connectivity index (χ3v) is 2.84. The summed E-state index contributed by atoms with van der Waals surface area (Å²) in [4.78, 5) is 13.5. The zero-order valence-electron chi connectivity index (χ0n) is 8.73. The van der Waals surface area contributed by atoms with Gasteiger partial charge in [-0.15, -0.1) is 6.58 Å². The second-order valence-corrected chi connectivity index (χ2v) is 3.80. The van der Waals surface area contributed by atoms with Crippen LogP contribution in [0.3, 0.4) is 0 Å². The largest absolute Gasteiger partial charge is 0.332 e. The van der Waals surface area contributed by atoms with Crippen LogP contribution in [-0.2, 0) is 4.79 Å². The van der Waals surface area contributed by atoms with Crippen LogP contribution in [-0.4, -0.2) is 17.4 Å². The number of amides is 1. The van der Waals surface area contributed by atoms with Crippen molar-refractivity contribution in [2.75, 3.05) is 6.54 Å². The van der Waals surface area contributed by atoms with Crippen molar-refractivity contribution in [1.82, 2.24) is 4.90 Å². The van der Waals surface area contributed by atoms with E-state index in [0.29, 0.717) is 13.0 Å². The van der Waals surface area contributed by atoms with E-state index in [2.05, 4.69) is 18.7 Å². The van der Waals surface area contributed by atoms with E-state index < -0.39 is 0 Å². The van der Waals surface area contributed by atoms with Crippen molar-refractivity contribution in [1.29, 1.82) is 0 Å². The first kappa shape index (κ1) is 9.97. The Morgan fingerprint density at radius 1 is 1.40 bits per heavy atom. The molecule has 1 amide bonds. The van der Waals surface area contributed by atoms with Crippen molar-refractivity contribution in [2.45, 2.75) is 18.9 Å². The Hall–Kier alpha value is -1.57. The molecule has 0 aliphatic carbocycles. The normalized spacial score (nSPS) is 20.7. The van der Waals surface area contributed by atoms with E-state index >= 15 is 0 Å². The molecule has 1 aromatic rings. The fourth-order valence-electron chi connectivity index (χ4n) is 2.12. The molecule has 2 rings (SSSR count). The summed E-state index contributed by atoms with van der Waals surface area (Å²) in [5.74, 6) is 0.240. The highest BCUT2D eigenvalue weighted by molar-refractivity contribution is 5.79. The minimum atomic E-state index is 0.240. The summed E-state index contributed by atoms with van der Waals surface area (Å²) in [5, 5.41) is 0. The summed E-state index contributed by atoms with van der Waals surface area (Å²) in [5.41, 5.74) is 1.23. The number of hydrogen-bond acceptors (Lipinski definition) is 1. The van der Waals surface area contributed by atoms with Crippen LogP contribution in [0.4, 0.5) is 0 Å². The van der Waals surface area contributed by atoms with Gasteiger partial charge in [0.2, 0.25) is 5.91 Å². The van der Waals surface area contributed by atoms with Crippen LogP contribution in [0.5, 0.6) is 0 Å². The van der Waals surface area contributed by atoms with Crippen LogP contribution in [0.2, 0.25) is 0 Å². The van der Waals surface area contributed by atoms with Crippen LogP contribution >= 0.6 is 0 Å². The lowest BCUT2D eigenvalue weighted by Crippen LogP contribution is -2.27. The van der Waals surface area contributed by atoms with Gasteiger partial charge in [0.15, 0.2) is 0 Å². The number of benzene rings is 1. The first-order valence-corrected chi connectivity index (χ1v) is 5.28. The van der Waals surface area contributed by atoms with Gasteiger partial charge >= 0.3 is 0 Å². The van der Waals surface area contributed by atoms with Crippen molar-refractivity contribution in [3.8, 4) is 0 Å². The zero-order chi connectivity index (χ0) is 10.7. The Labute approximate surface area is 90.2 Å². The molecular formula is C13H15NO. The monoisotopic (exact) mass is 201 g/mol. The van der Waals surface area contributed by atoms with E-state index in [1.807, 2.05) is 23.1 Å². The Balaban J connectivity index is 2.22. The minimum absolute atomic E-state index is 0.240. The molecule has 2 nitrogen and oxygen atoms in total. The predicted molar refractivity (Wildman–Crippen MR) is 60.3 cm³/mol. The summed E-state index contributed by atoms with van der Waals surface area (Å²) in [7, 11) is 0. The van der Waals surface area contributed by atoms with Crippen molar-refractivity contribution in [3.05, 3.63) is 48.6 Å². The maximum Gasteiger partial charge on any atom is 0.223 e. The average molecular weight is 201 g/mol. The molecule has 1 fully saturated rings. The Kier molecular flexibility index (Phi) is 2.86. The summed E-state index contributed by atoms with van der Waals surface area (Å²) in [6.07, 6.45) is 3.38. The van der Waals surface area contributed by atoms with Gasteiger partial charge in [-0.05, 0) is 12.0 Å². The molecule has 0 saturated carbocycles. The molecule has 1 heterocycles. The van der Waals surface area contributed by atoms with E-state index in [4.69, 9.17) is 0 Å². The second-order valence-electron chi connectivity index (χ2n) is 3.80. The van der Waals surface area contributed by atoms with E-state index in [-0.39, 0.29) is 11.9 Å². The number of rotatable bonds is 3. The molecule has 1 unspecified atom stereocenters. The fourth-order valence-corrected chi connectivity index (χ4v) is 2.12. The van der Waals surface area contributed by atoms with Gasteiger partial charge < -0.3 is 4.90 Å². The highest BCUT2D eigenvalue weighted by Gasteiger charge is 2.30. The number of nitrogens with zero attached hydrogens (tertiary/aromatic N) is 1. The highest BCUT2D eigenvalue weighted by atomic mass is 16.2. The molecule has 15 heavy (non-hydrogen) atoms. The number of hydrogen-bond donors (Lipinski definition) is 0. The average Bonchev–Trinajstić information content (AvgIpc) is 2.63. The van der Waals surface area contributed by atoms with Gasteiger partial charge in [-0.25, -0.2) is 0 Å². The summed E-state index contributed by atoms with van der Waals surface area (Å²) < 4.78 is 0. The van der Waals surface area contributed by atoms with Crippen molar-refractivity contribution in [3.63, 3.8) is 0 Å². The van der Waals surface area contributed by atoms with Crippen molar-refractivity contribution >= 4 is 5.91 Å². The molecule has 2 heteroatoms. The van der Waals surface area contributed by atoms with Crippen molar-refractivity contribution < 1.29 is 4.79 Å². The van der Waals surface area contributed by atoms with Gasteiger partial charge in [0, 0.05) is 13.0 Å². The van der Waals surface area contributed by atoms with Crippen LogP contribution in [0.15, 0.2) is 43.0 Å². The van der Waals surface area contributed by atoms with Gasteiger partial charge in [0.25, 0.3) is 0 Å². The molecule has 1 saturated heterocycles. The SMILES string of the molecule is C=CCN1C(=O)CCC1c1ccccc1. The maximum absolute atomic E-state index is 11.6. The van der Waals surface area contributed by atoms with E-state index in [1.165, 1.54) is 5.56 Å². The Bertz CT molecular complexity index is 358. The highest BCUT2D eigenvalue weighted by Crippen LogP contribution is 2.32. The fraction of sp³-hybridized carbons (Fsp3) is 0.308. The number of carbonyl (C=O) groups is 1. The molecular weight excluding hydrogens is 186 g/mol. The van der Waals surface area contributed by atoms with Crippen molar-refractivity contribution in [2.24, 2.45) is 0 Å². The Morgan fingerprint density at radius 2 is 2.13 bits per heavy atom. The van der Waals surface area contributed by atoms with Gasteiger partial charge in [0.05, 0.1) is 6.04 Å². The smallest absolute Gasteiger partial charge is 0.223 e. The summed E-state index contributed by atoms with van der Waals surface area (Å²) >= 11 is 0. The van der Waals surface area contributed by atoms with Gasteiger partial charge in [-0.3, -0.25) is 4.79 Å². The minimum Gasteiger partial charge on any atom is -0.332 e. The molecule has 0 radical (unpaired) electrons. The van der Waals surface area contributed by atoms with E-state index in [0.717, 1.165) is 6.42 Å². The quantitative estimate of drug-likeness (QED) is 0.688. The summed E-state index contributed by atoms with van der Waals surface area (Å²) in [6, 6.07) is 10.4. The third kappa shape index (κ3) is 1.94. The lowest BCUT2D eigenvalue weighted by molar-refractivity contribution is -0.128. The molecule has 1 aliphatic rings. The van der Waals surface area contributed by atoms with E-state index in [1.54, 1.807) is 6.08 Å². The van der Waals surface area contributed by atoms with Gasteiger partial charge in [-0.1, -0.05) is 36.4 Å². The molecule has 1 aliphatic heterocycles. The first-order valence-electron chi connectivity index (χ1n) is 5.28. The van der Waals surface area contributed by atoms with Crippen LogP contribution in [0, 0.1) is 0 Å². The third-order valence-electron chi connectivity index (χ3n) is 2.84. The predicted octanol–water partition coefficient (Wildman–Crippen LogP) is 2.54. The molecule has 0 aromatic heterocycles. The van der Waals surface area contributed by atoms with Gasteiger partial charge in [0.1, 0.15) is 0 Å². The molecule has 78 valence electrons. The molecule has 0 N–H and O–H groups in total. The molecule has 0 spiro atoms. The molecule has 1 atom stereocenters. The zero-order valence-corrected chi connectivity index (χ0v) is 8.73. The number of carbonyl (C=O) groups excluding carboxylic acids is 1. The maximum atomic E-state index is 11.6. The second kappa shape index (κ2) is 4.30. The van der Waals surface area contributed by atoms with Gasteiger partial charge in [-0.2, -0.15) is 0 Å². The molecule has 0 bridgehead atoms. The van der Waals surface area contributed by atoms with Crippen LogP contribution in [0.25, 0.3) is 0 Å². The van der Waals surface area contributed by atoms with E-state index in [9.17, 15) is 4.79 Å². The molecule has 1 aromatic carbocycles. The lowest BCUT2D eigenvalue weighted by atomic mass is 10.0. The lowest BCUT2D eigenvalue weighted by Gasteiger charge is -2.23.